The fraction of sp³-hybridized carbons (Fsp3) is 0.0909. The lowest BCUT2D eigenvalue weighted by atomic mass is 10.1. The second-order valence-electron chi connectivity index (χ2n) is 4.01. The molecule has 20 heavy (non-hydrogen) atoms. The Bertz CT molecular complexity index is 627. The standard InChI is InChI=1S/C11H11N5O4/c1-16(10(12)19)15-11(20)13-5-2-3-6-7(4-5)9(18)14-8(6)17/h2-4H,1H3,(H2,12,19)(H2,13,15,20)(H,14,17,18). The first-order chi connectivity index (χ1) is 9.38. The molecule has 0 bridgehead atoms. The molecule has 9 nitrogen and oxygen atoms in total. The van der Waals surface area contributed by atoms with E-state index in [1.54, 1.807) is 0 Å². The SMILES string of the molecule is CN(NC(=O)Nc1ccc2c(c1)C(=O)NC2=O)C(N)=O. The van der Waals surface area contributed by atoms with Crippen molar-refractivity contribution in [2.75, 3.05) is 12.4 Å². The third-order valence-corrected chi connectivity index (χ3v) is 2.59. The highest BCUT2D eigenvalue weighted by atomic mass is 16.2. The van der Waals surface area contributed by atoms with Gasteiger partial charge < -0.3 is 11.1 Å². The van der Waals surface area contributed by atoms with Gasteiger partial charge in [0.2, 0.25) is 0 Å². The van der Waals surface area contributed by atoms with E-state index in [4.69, 9.17) is 5.73 Å². The minimum atomic E-state index is -0.834. The molecule has 6 amide bonds. The van der Waals surface area contributed by atoms with Crippen molar-refractivity contribution in [1.82, 2.24) is 15.8 Å². The second kappa shape index (κ2) is 4.88. The molecule has 1 aromatic rings. The van der Waals surface area contributed by atoms with Crippen LogP contribution in [0.3, 0.4) is 0 Å². The maximum absolute atomic E-state index is 11.5. The monoisotopic (exact) mass is 277 g/mol. The zero-order chi connectivity index (χ0) is 14.9. The number of hydrogen-bond donors (Lipinski definition) is 4. The van der Waals surface area contributed by atoms with Crippen LogP contribution in [-0.2, 0) is 0 Å². The third kappa shape index (κ3) is 2.51. The van der Waals surface area contributed by atoms with Crippen LogP contribution in [0.5, 0.6) is 0 Å². The van der Waals surface area contributed by atoms with E-state index >= 15 is 0 Å². The summed E-state index contributed by atoms with van der Waals surface area (Å²) in [4.78, 5) is 45.1. The highest BCUT2D eigenvalue weighted by Gasteiger charge is 2.26. The van der Waals surface area contributed by atoms with Crippen LogP contribution in [0.2, 0.25) is 0 Å². The number of nitrogens with two attached hydrogens (primary N) is 1. The number of nitrogens with zero attached hydrogens (tertiary/aromatic N) is 1. The number of nitrogens with one attached hydrogen (secondary N) is 3. The van der Waals surface area contributed by atoms with Gasteiger partial charge in [0.25, 0.3) is 11.8 Å². The number of urea groups is 2. The number of primary amides is 1. The summed E-state index contributed by atoms with van der Waals surface area (Å²) < 4.78 is 0. The van der Waals surface area contributed by atoms with E-state index in [1.807, 2.05) is 0 Å². The fourth-order valence-electron chi connectivity index (χ4n) is 1.61. The Morgan fingerprint density at radius 1 is 1.20 bits per heavy atom. The first kappa shape index (κ1) is 13.3. The zero-order valence-corrected chi connectivity index (χ0v) is 10.4. The van der Waals surface area contributed by atoms with Crippen LogP contribution >= 0.6 is 0 Å². The Morgan fingerprint density at radius 2 is 1.85 bits per heavy atom. The van der Waals surface area contributed by atoms with Gasteiger partial charge in [-0.3, -0.25) is 14.9 Å². The van der Waals surface area contributed by atoms with Crippen LogP contribution in [0, 0.1) is 0 Å². The summed E-state index contributed by atoms with van der Waals surface area (Å²) in [6.07, 6.45) is 0. The van der Waals surface area contributed by atoms with Crippen molar-refractivity contribution < 1.29 is 19.2 Å². The van der Waals surface area contributed by atoms with Crippen LogP contribution < -0.4 is 21.8 Å². The van der Waals surface area contributed by atoms with E-state index in [0.29, 0.717) is 5.69 Å². The van der Waals surface area contributed by atoms with Crippen molar-refractivity contribution in [2.24, 2.45) is 5.73 Å². The van der Waals surface area contributed by atoms with E-state index in [-0.39, 0.29) is 11.1 Å². The van der Waals surface area contributed by atoms with Crippen LogP contribution in [0.1, 0.15) is 20.7 Å². The van der Waals surface area contributed by atoms with Gasteiger partial charge in [-0.2, -0.15) is 0 Å². The van der Waals surface area contributed by atoms with Crippen molar-refractivity contribution >= 4 is 29.6 Å². The molecule has 1 heterocycles. The van der Waals surface area contributed by atoms with Crippen molar-refractivity contribution in [3.05, 3.63) is 29.3 Å². The van der Waals surface area contributed by atoms with Crippen molar-refractivity contribution in [2.45, 2.75) is 0 Å². The van der Waals surface area contributed by atoms with Gasteiger partial charge in [-0.15, -0.1) is 0 Å². The summed E-state index contributed by atoms with van der Waals surface area (Å²) in [6.45, 7) is 0. The third-order valence-electron chi connectivity index (χ3n) is 2.59. The van der Waals surface area contributed by atoms with Gasteiger partial charge in [-0.25, -0.2) is 20.0 Å². The summed E-state index contributed by atoms with van der Waals surface area (Å²) in [5.74, 6) is -1.00. The lowest BCUT2D eigenvalue weighted by Crippen LogP contribution is -2.47. The molecule has 0 saturated heterocycles. The first-order valence-corrected chi connectivity index (χ1v) is 5.49. The second-order valence-corrected chi connectivity index (χ2v) is 4.01. The van der Waals surface area contributed by atoms with Crippen LogP contribution in [-0.4, -0.2) is 35.9 Å². The lowest BCUT2D eigenvalue weighted by molar-refractivity contribution is 0.0879. The number of benzene rings is 1. The first-order valence-electron chi connectivity index (χ1n) is 5.49. The maximum atomic E-state index is 11.5. The van der Waals surface area contributed by atoms with Crippen molar-refractivity contribution in [3.63, 3.8) is 0 Å². The average Bonchev–Trinajstić information content (AvgIpc) is 2.64. The lowest BCUT2D eigenvalue weighted by Gasteiger charge is -2.16. The van der Waals surface area contributed by atoms with Gasteiger partial charge in [0.15, 0.2) is 0 Å². The molecule has 104 valence electrons. The molecule has 0 unspecified atom stereocenters. The molecule has 1 aromatic carbocycles. The predicted molar refractivity (Wildman–Crippen MR) is 67.7 cm³/mol. The number of anilines is 1. The Hall–Kier alpha value is -3.10. The van der Waals surface area contributed by atoms with Gasteiger partial charge in [0.05, 0.1) is 11.1 Å². The highest BCUT2D eigenvalue weighted by Crippen LogP contribution is 2.20. The molecule has 9 heteroatoms. The van der Waals surface area contributed by atoms with Gasteiger partial charge in [-0.05, 0) is 18.2 Å². The zero-order valence-electron chi connectivity index (χ0n) is 10.4. The minimum Gasteiger partial charge on any atom is -0.350 e. The molecule has 0 spiro atoms. The molecule has 0 saturated carbocycles. The van der Waals surface area contributed by atoms with Crippen LogP contribution in [0.15, 0.2) is 18.2 Å². The van der Waals surface area contributed by atoms with Crippen LogP contribution in [0.25, 0.3) is 0 Å². The molecule has 5 N–H and O–H groups in total. The number of hydrazine groups is 1. The van der Waals surface area contributed by atoms with E-state index in [0.717, 1.165) is 5.01 Å². The van der Waals surface area contributed by atoms with E-state index in [1.165, 1.54) is 25.2 Å². The maximum Gasteiger partial charge on any atom is 0.338 e. The summed E-state index contributed by atoms with van der Waals surface area (Å²) >= 11 is 0. The Labute approximate surface area is 113 Å². The number of amides is 6. The molecular formula is C11H11N5O4. The summed E-state index contributed by atoms with van der Waals surface area (Å²) in [5.41, 5.74) is 7.81. The summed E-state index contributed by atoms with van der Waals surface area (Å²) in [6, 6.07) is 2.69. The fourth-order valence-corrected chi connectivity index (χ4v) is 1.61. The molecule has 0 atom stereocenters. The molecule has 0 radical (unpaired) electrons. The molecule has 1 aliphatic heterocycles. The highest BCUT2D eigenvalue weighted by molar-refractivity contribution is 6.22. The van der Waals surface area contributed by atoms with Crippen molar-refractivity contribution in [3.8, 4) is 0 Å². The molecule has 0 aliphatic carbocycles. The topological polar surface area (TPSA) is 134 Å². The normalized spacial score (nSPS) is 12.4. The van der Waals surface area contributed by atoms with E-state index < -0.39 is 23.9 Å². The molecule has 0 aromatic heterocycles. The summed E-state index contributed by atoms with van der Waals surface area (Å²) in [5, 5.41) is 5.33. The number of carbonyl (C=O) groups excluding carboxylic acids is 4. The quantitative estimate of drug-likeness (QED) is 0.411. The number of hydrogen-bond acceptors (Lipinski definition) is 4. The predicted octanol–water partition coefficient (Wildman–Crippen LogP) is -0.383. The number of carbonyl (C=O) groups is 4. The molecule has 0 fully saturated rings. The Kier molecular flexibility index (Phi) is 3.25. The van der Waals surface area contributed by atoms with Gasteiger partial charge in [0.1, 0.15) is 0 Å². The number of imide groups is 1. The summed E-state index contributed by atoms with van der Waals surface area (Å²) in [7, 11) is 1.27. The average molecular weight is 277 g/mol. The Morgan fingerprint density at radius 3 is 2.50 bits per heavy atom. The molecule has 2 rings (SSSR count). The van der Waals surface area contributed by atoms with Crippen LogP contribution in [0.4, 0.5) is 15.3 Å². The largest absolute Gasteiger partial charge is 0.350 e. The van der Waals surface area contributed by atoms with Gasteiger partial charge in [0, 0.05) is 12.7 Å². The van der Waals surface area contributed by atoms with Gasteiger partial charge >= 0.3 is 12.1 Å². The van der Waals surface area contributed by atoms with Gasteiger partial charge in [-0.1, -0.05) is 0 Å². The molecular weight excluding hydrogens is 266 g/mol. The minimum absolute atomic E-state index is 0.177. The Balaban J connectivity index is 2.10. The van der Waals surface area contributed by atoms with E-state index in [2.05, 4.69) is 16.1 Å². The number of rotatable bonds is 1. The number of fused-ring (bicyclic) bond motifs is 1. The smallest absolute Gasteiger partial charge is 0.338 e. The molecule has 1 aliphatic rings. The van der Waals surface area contributed by atoms with E-state index in [9.17, 15) is 19.2 Å². The van der Waals surface area contributed by atoms with Crippen molar-refractivity contribution in [1.29, 1.82) is 0 Å².